The first-order valence-corrected chi connectivity index (χ1v) is 11.0. The molecule has 0 aliphatic rings. The molecule has 5 nitrogen and oxygen atoms in total. The summed E-state index contributed by atoms with van der Waals surface area (Å²) in [7, 11) is -5.10. The average Bonchev–Trinajstić information content (AvgIpc) is 2.68. The van der Waals surface area contributed by atoms with Crippen LogP contribution in [0.1, 0.15) is 37.3 Å². The van der Waals surface area contributed by atoms with Crippen molar-refractivity contribution in [3.8, 4) is 16.9 Å². The third kappa shape index (κ3) is 6.61. The summed E-state index contributed by atoms with van der Waals surface area (Å²) < 4.78 is 124. The van der Waals surface area contributed by atoms with Crippen LogP contribution in [-0.4, -0.2) is 27.0 Å². The second kappa shape index (κ2) is 9.80. The van der Waals surface area contributed by atoms with Gasteiger partial charge < -0.3 is 8.92 Å². The summed E-state index contributed by atoms with van der Waals surface area (Å²) in [6, 6.07) is 4.08. The first-order valence-electron chi connectivity index (χ1n) is 9.56. The van der Waals surface area contributed by atoms with Crippen LogP contribution in [0.3, 0.4) is 0 Å². The van der Waals surface area contributed by atoms with Crippen molar-refractivity contribution in [3.63, 3.8) is 0 Å². The lowest BCUT2D eigenvalue weighted by Gasteiger charge is -2.20. The van der Waals surface area contributed by atoms with Crippen LogP contribution in [0, 0.1) is 11.7 Å². The number of carbonyl (C=O) groups is 1. The summed E-state index contributed by atoms with van der Waals surface area (Å²) >= 11 is 0. The van der Waals surface area contributed by atoms with Crippen molar-refractivity contribution in [1.82, 2.24) is 0 Å². The van der Waals surface area contributed by atoms with Crippen LogP contribution in [0.15, 0.2) is 36.4 Å². The van der Waals surface area contributed by atoms with Gasteiger partial charge in [-0.2, -0.15) is 34.8 Å². The minimum absolute atomic E-state index is 0.0942. The first-order chi connectivity index (χ1) is 15.4. The van der Waals surface area contributed by atoms with E-state index < -0.39 is 56.4 Å². The molecular weight excluding hydrogens is 497 g/mol. The van der Waals surface area contributed by atoms with Gasteiger partial charge in [0, 0.05) is 0 Å². The lowest BCUT2D eigenvalue weighted by Crippen LogP contribution is -2.28. The molecule has 0 aliphatic heterocycles. The van der Waals surface area contributed by atoms with Gasteiger partial charge >= 0.3 is 27.8 Å². The molecule has 2 rings (SSSR count). The van der Waals surface area contributed by atoms with Crippen molar-refractivity contribution in [1.29, 1.82) is 0 Å². The molecule has 0 saturated carbocycles. The van der Waals surface area contributed by atoms with Crippen LogP contribution >= 0.6 is 0 Å². The molecule has 1 unspecified atom stereocenters. The maximum absolute atomic E-state index is 13.9. The number of ether oxygens (including phenoxy) is 1. The lowest BCUT2D eigenvalue weighted by molar-refractivity contribution is -0.143. The number of methoxy groups -OCH3 is 1. The first kappa shape index (κ1) is 27.4. The Kier molecular flexibility index (Phi) is 7.91. The van der Waals surface area contributed by atoms with E-state index in [2.05, 4.69) is 4.18 Å². The highest BCUT2D eigenvalue weighted by atomic mass is 32.2. The summed E-state index contributed by atoms with van der Waals surface area (Å²) in [6.07, 6.45) is -4.85. The predicted octanol–water partition coefficient (Wildman–Crippen LogP) is 6.04. The number of hydrogen-bond donors (Lipinski definition) is 0. The Balaban J connectivity index is 2.78. The van der Waals surface area contributed by atoms with Crippen molar-refractivity contribution in [2.24, 2.45) is 5.92 Å². The minimum atomic E-state index is -6.15. The number of rotatable bonds is 7. The van der Waals surface area contributed by atoms with Crippen molar-refractivity contribution in [2.75, 3.05) is 7.11 Å². The van der Waals surface area contributed by atoms with Gasteiger partial charge in [0.1, 0.15) is 11.6 Å². The summed E-state index contributed by atoms with van der Waals surface area (Å²) in [6.45, 7) is 3.43. The van der Waals surface area contributed by atoms with E-state index in [1.54, 1.807) is 13.8 Å². The molecule has 0 spiro atoms. The predicted molar refractivity (Wildman–Crippen MR) is 107 cm³/mol. The van der Waals surface area contributed by atoms with E-state index in [-0.39, 0.29) is 29.5 Å². The third-order valence-electron chi connectivity index (χ3n) is 4.57. The standard InChI is InChI=1S/C21H19F7O5S/c1-11(2)4-18(19(29)32-3)14-5-12(8-17(9-14)33-34(30,31)21(26,27)28)13-6-15(20(23,24)25)10-16(22)7-13/h5-11,18H,4H2,1-3H3. The van der Waals surface area contributed by atoms with Gasteiger partial charge in [-0.15, -0.1) is 0 Å². The van der Waals surface area contributed by atoms with Gasteiger partial charge in [-0.05, 0) is 59.4 Å². The Morgan fingerprint density at radius 2 is 1.53 bits per heavy atom. The van der Waals surface area contributed by atoms with Crippen LogP contribution in [0.25, 0.3) is 11.1 Å². The SMILES string of the molecule is COC(=O)C(CC(C)C)c1cc(OS(=O)(=O)C(F)(F)F)cc(-c2cc(F)cc(C(F)(F)F)c2)c1. The van der Waals surface area contributed by atoms with E-state index in [1.807, 2.05) is 0 Å². The van der Waals surface area contributed by atoms with Crippen molar-refractivity contribution < 1.29 is 52.9 Å². The fourth-order valence-corrected chi connectivity index (χ4v) is 3.56. The monoisotopic (exact) mass is 516 g/mol. The molecule has 13 heteroatoms. The van der Waals surface area contributed by atoms with Crippen LogP contribution in [0.4, 0.5) is 30.7 Å². The normalized spacial score (nSPS) is 13.6. The summed E-state index contributed by atoms with van der Waals surface area (Å²) in [4.78, 5) is 12.3. The molecule has 0 radical (unpaired) electrons. The van der Waals surface area contributed by atoms with E-state index in [4.69, 9.17) is 4.74 Å². The molecule has 188 valence electrons. The van der Waals surface area contributed by atoms with Gasteiger partial charge in [-0.25, -0.2) is 4.39 Å². The zero-order valence-electron chi connectivity index (χ0n) is 17.9. The molecule has 1 atom stereocenters. The average molecular weight is 516 g/mol. The highest BCUT2D eigenvalue weighted by Gasteiger charge is 2.48. The molecule has 2 aromatic carbocycles. The second-order valence-electron chi connectivity index (χ2n) is 7.71. The number of alkyl halides is 6. The van der Waals surface area contributed by atoms with Crippen molar-refractivity contribution in [3.05, 3.63) is 53.3 Å². The van der Waals surface area contributed by atoms with Crippen LogP contribution < -0.4 is 4.18 Å². The van der Waals surface area contributed by atoms with Crippen LogP contribution in [0.2, 0.25) is 0 Å². The Hall–Kier alpha value is -2.83. The number of esters is 1. The maximum Gasteiger partial charge on any atom is 0.534 e. The van der Waals surface area contributed by atoms with Gasteiger partial charge in [-0.3, -0.25) is 4.79 Å². The zero-order valence-corrected chi connectivity index (χ0v) is 18.7. The van der Waals surface area contributed by atoms with E-state index >= 15 is 0 Å². The Morgan fingerprint density at radius 3 is 2.03 bits per heavy atom. The van der Waals surface area contributed by atoms with Crippen LogP contribution in [-0.2, 0) is 25.8 Å². The van der Waals surface area contributed by atoms with Gasteiger partial charge in [0.25, 0.3) is 0 Å². The van der Waals surface area contributed by atoms with E-state index in [0.29, 0.717) is 18.2 Å². The Bertz CT molecular complexity index is 1160. The molecule has 0 saturated heterocycles. The molecule has 34 heavy (non-hydrogen) atoms. The fraction of sp³-hybridized carbons (Fsp3) is 0.381. The molecule has 0 N–H and O–H groups in total. The molecule has 0 amide bonds. The van der Waals surface area contributed by atoms with Gasteiger partial charge in [0.15, 0.2) is 0 Å². The number of benzene rings is 2. The number of carbonyl (C=O) groups excluding carboxylic acids is 1. The van der Waals surface area contributed by atoms with Gasteiger partial charge in [0.2, 0.25) is 0 Å². The van der Waals surface area contributed by atoms with Crippen LogP contribution in [0.5, 0.6) is 5.75 Å². The number of hydrogen-bond acceptors (Lipinski definition) is 5. The highest BCUT2D eigenvalue weighted by Crippen LogP contribution is 2.38. The van der Waals surface area contributed by atoms with Crippen molar-refractivity contribution >= 4 is 16.1 Å². The number of halogens is 7. The third-order valence-corrected chi connectivity index (χ3v) is 5.55. The van der Waals surface area contributed by atoms with E-state index in [0.717, 1.165) is 19.2 Å². The Labute approximate surface area is 190 Å². The maximum atomic E-state index is 13.9. The molecule has 0 fully saturated rings. The van der Waals surface area contributed by atoms with E-state index in [9.17, 15) is 43.9 Å². The smallest absolute Gasteiger partial charge is 0.469 e. The molecule has 0 aromatic heterocycles. The summed E-state index contributed by atoms with van der Waals surface area (Å²) in [5, 5.41) is 0. The fourth-order valence-electron chi connectivity index (χ4n) is 3.11. The molecule has 2 aromatic rings. The molecule has 0 heterocycles. The highest BCUT2D eigenvalue weighted by molar-refractivity contribution is 7.88. The molecular formula is C21H19F7O5S. The zero-order chi connectivity index (χ0) is 26.1. The van der Waals surface area contributed by atoms with Gasteiger partial charge in [-0.1, -0.05) is 19.9 Å². The molecule has 0 aliphatic carbocycles. The quantitative estimate of drug-likeness (QED) is 0.194. The topological polar surface area (TPSA) is 69.7 Å². The lowest BCUT2D eigenvalue weighted by atomic mass is 9.88. The minimum Gasteiger partial charge on any atom is -0.469 e. The molecule has 0 bridgehead atoms. The largest absolute Gasteiger partial charge is 0.534 e. The second-order valence-corrected chi connectivity index (χ2v) is 9.24. The van der Waals surface area contributed by atoms with Gasteiger partial charge in [0.05, 0.1) is 18.6 Å². The summed E-state index contributed by atoms with van der Waals surface area (Å²) in [5.41, 5.74) is -8.03. The summed E-state index contributed by atoms with van der Waals surface area (Å²) in [5.74, 6) is -4.34. The van der Waals surface area contributed by atoms with Crippen molar-refractivity contribution in [2.45, 2.75) is 37.9 Å². The Morgan fingerprint density at radius 1 is 0.941 bits per heavy atom. The van der Waals surface area contributed by atoms with E-state index in [1.165, 1.54) is 0 Å².